The van der Waals surface area contributed by atoms with Crippen LogP contribution in [0, 0.1) is 0 Å². The van der Waals surface area contributed by atoms with Gasteiger partial charge in [-0.1, -0.05) is 13.0 Å². The molecule has 104 valence electrons. The van der Waals surface area contributed by atoms with Crippen molar-refractivity contribution in [2.24, 2.45) is 0 Å². The van der Waals surface area contributed by atoms with E-state index in [4.69, 9.17) is 0 Å². The maximum Gasteiger partial charge on any atom is 0.248 e. The maximum absolute atomic E-state index is 12.6. The van der Waals surface area contributed by atoms with Crippen molar-refractivity contribution < 1.29 is 9.59 Å². The Bertz CT molecular complexity index is 482. The summed E-state index contributed by atoms with van der Waals surface area (Å²) in [6.45, 7) is 7.44. The van der Waals surface area contributed by atoms with Gasteiger partial charge in [-0.15, -0.1) is 11.3 Å². The number of hydrogen-bond acceptors (Lipinski definition) is 3. The van der Waals surface area contributed by atoms with Crippen LogP contribution in [-0.4, -0.2) is 28.3 Å². The second-order valence-electron chi connectivity index (χ2n) is 5.44. The zero-order chi connectivity index (χ0) is 14.2. The Balaban J connectivity index is 2.37. The third-order valence-electron chi connectivity index (χ3n) is 3.60. The minimum Gasteiger partial charge on any atom is -0.340 e. The van der Waals surface area contributed by atoms with E-state index in [1.54, 1.807) is 30.1 Å². The number of nitrogens with zero attached hydrogens (tertiary/aromatic N) is 1. The van der Waals surface area contributed by atoms with Gasteiger partial charge >= 0.3 is 0 Å². The lowest BCUT2D eigenvalue weighted by atomic mass is 9.94. The third-order valence-corrected chi connectivity index (χ3v) is 4.64. The Kier molecular flexibility index (Phi) is 3.67. The fourth-order valence-electron chi connectivity index (χ4n) is 2.53. The molecule has 0 bridgehead atoms. The normalized spacial score (nSPS) is 24.2. The smallest absolute Gasteiger partial charge is 0.248 e. The Morgan fingerprint density at radius 1 is 1.47 bits per heavy atom. The molecule has 5 heteroatoms. The predicted octanol–water partition coefficient (Wildman–Crippen LogP) is 2.32. The van der Waals surface area contributed by atoms with E-state index in [0.717, 1.165) is 4.88 Å². The molecule has 1 aliphatic rings. The van der Waals surface area contributed by atoms with Crippen molar-refractivity contribution in [3.63, 3.8) is 0 Å². The average Bonchev–Trinajstić information content (AvgIpc) is 2.85. The standard InChI is InChI=1S/C14H20N2O2S/c1-5-10-12(17)15-14(3,4)13(18)16(10)9(2)11-7-6-8-19-11/h6-10H,5H2,1-4H3,(H,15,17). The molecule has 1 aliphatic heterocycles. The van der Waals surface area contributed by atoms with E-state index in [1.165, 1.54) is 0 Å². The van der Waals surface area contributed by atoms with E-state index in [9.17, 15) is 9.59 Å². The van der Waals surface area contributed by atoms with Gasteiger partial charge in [-0.05, 0) is 38.6 Å². The average molecular weight is 280 g/mol. The molecule has 0 saturated carbocycles. The number of carbonyl (C=O) groups excluding carboxylic acids is 2. The van der Waals surface area contributed by atoms with Gasteiger partial charge in [0.1, 0.15) is 11.6 Å². The fraction of sp³-hybridized carbons (Fsp3) is 0.571. The number of piperazine rings is 1. The lowest BCUT2D eigenvalue weighted by Crippen LogP contribution is -2.68. The van der Waals surface area contributed by atoms with E-state index >= 15 is 0 Å². The second-order valence-corrected chi connectivity index (χ2v) is 6.42. The molecule has 4 nitrogen and oxygen atoms in total. The van der Waals surface area contributed by atoms with Crippen LogP contribution in [0.25, 0.3) is 0 Å². The van der Waals surface area contributed by atoms with Crippen molar-refractivity contribution in [1.82, 2.24) is 10.2 Å². The first-order valence-electron chi connectivity index (χ1n) is 6.56. The summed E-state index contributed by atoms with van der Waals surface area (Å²) >= 11 is 1.62. The van der Waals surface area contributed by atoms with Gasteiger partial charge in [-0.3, -0.25) is 9.59 Å². The van der Waals surface area contributed by atoms with Gasteiger partial charge in [0, 0.05) is 4.88 Å². The second kappa shape index (κ2) is 4.96. The molecule has 2 rings (SSSR count). The van der Waals surface area contributed by atoms with Crippen molar-refractivity contribution in [3.05, 3.63) is 22.4 Å². The topological polar surface area (TPSA) is 49.4 Å². The molecular weight excluding hydrogens is 260 g/mol. The monoisotopic (exact) mass is 280 g/mol. The molecule has 0 aromatic carbocycles. The van der Waals surface area contributed by atoms with Gasteiger partial charge in [-0.2, -0.15) is 0 Å². The summed E-state index contributed by atoms with van der Waals surface area (Å²) in [7, 11) is 0. The van der Waals surface area contributed by atoms with Gasteiger partial charge < -0.3 is 10.2 Å². The molecular formula is C14H20N2O2S. The maximum atomic E-state index is 12.6. The first-order chi connectivity index (χ1) is 8.88. The van der Waals surface area contributed by atoms with Crippen LogP contribution in [-0.2, 0) is 9.59 Å². The number of nitrogens with one attached hydrogen (secondary N) is 1. The SMILES string of the molecule is CCC1C(=O)NC(C)(C)C(=O)N1C(C)c1cccs1. The summed E-state index contributed by atoms with van der Waals surface area (Å²) in [6.07, 6.45) is 0.628. The molecule has 2 unspecified atom stereocenters. The van der Waals surface area contributed by atoms with Crippen LogP contribution in [0.15, 0.2) is 17.5 Å². The van der Waals surface area contributed by atoms with Gasteiger partial charge in [0.2, 0.25) is 11.8 Å². The minimum absolute atomic E-state index is 0.0140. The molecule has 19 heavy (non-hydrogen) atoms. The van der Waals surface area contributed by atoms with Gasteiger partial charge in [0.25, 0.3) is 0 Å². The van der Waals surface area contributed by atoms with Crippen LogP contribution < -0.4 is 5.32 Å². The van der Waals surface area contributed by atoms with Crippen LogP contribution in [0.1, 0.15) is 45.0 Å². The highest BCUT2D eigenvalue weighted by Crippen LogP contribution is 2.32. The lowest BCUT2D eigenvalue weighted by Gasteiger charge is -2.45. The molecule has 0 spiro atoms. The number of hydrogen-bond donors (Lipinski definition) is 1. The van der Waals surface area contributed by atoms with Crippen LogP contribution >= 0.6 is 11.3 Å². The molecule has 2 atom stereocenters. The molecule has 1 N–H and O–H groups in total. The number of rotatable bonds is 3. The quantitative estimate of drug-likeness (QED) is 0.923. The summed E-state index contributed by atoms with van der Waals surface area (Å²) in [6, 6.07) is 3.53. The molecule has 1 aromatic rings. The van der Waals surface area contributed by atoms with Crippen molar-refractivity contribution >= 4 is 23.2 Å². The molecule has 0 aliphatic carbocycles. The largest absolute Gasteiger partial charge is 0.340 e. The van der Waals surface area contributed by atoms with Crippen molar-refractivity contribution in [2.45, 2.75) is 51.7 Å². The van der Waals surface area contributed by atoms with E-state index in [-0.39, 0.29) is 23.9 Å². The zero-order valence-electron chi connectivity index (χ0n) is 11.8. The summed E-state index contributed by atoms with van der Waals surface area (Å²) in [5.41, 5.74) is -0.825. The predicted molar refractivity (Wildman–Crippen MR) is 75.9 cm³/mol. The zero-order valence-corrected chi connectivity index (χ0v) is 12.6. The third kappa shape index (κ3) is 2.39. The molecule has 2 heterocycles. The first-order valence-corrected chi connectivity index (χ1v) is 7.44. The minimum atomic E-state index is -0.825. The van der Waals surface area contributed by atoms with E-state index in [1.807, 2.05) is 31.4 Å². The Morgan fingerprint density at radius 3 is 2.68 bits per heavy atom. The van der Waals surface area contributed by atoms with Gasteiger partial charge in [0.15, 0.2) is 0 Å². The van der Waals surface area contributed by atoms with Crippen LogP contribution in [0.2, 0.25) is 0 Å². The molecule has 2 amide bonds. The first kappa shape index (κ1) is 14.1. The van der Waals surface area contributed by atoms with Crippen LogP contribution in [0.4, 0.5) is 0 Å². The molecule has 0 radical (unpaired) electrons. The van der Waals surface area contributed by atoms with Gasteiger partial charge in [-0.25, -0.2) is 0 Å². The molecule has 1 aromatic heterocycles. The Hall–Kier alpha value is -1.36. The van der Waals surface area contributed by atoms with Crippen molar-refractivity contribution in [3.8, 4) is 0 Å². The van der Waals surface area contributed by atoms with E-state index < -0.39 is 5.54 Å². The van der Waals surface area contributed by atoms with Crippen molar-refractivity contribution in [1.29, 1.82) is 0 Å². The summed E-state index contributed by atoms with van der Waals surface area (Å²) < 4.78 is 0. The summed E-state index contributed by atoms with van der Waals surface area (Å²) in [5, 5.41) is 4.80. The van der Waals surface area contributed by atoms with Crippen molar-refractivity contribution in [2.75, 3.05) is 0 Å². The Labute approximate surface area is 117 Å². The number of amides is 2. The fourth-order valence-corrected chi connectivity index (χ4v) is 3.31. The van der Waals surface area contributed by atoms with Crippen LogP contribution in [0.3, 0.4) is 0 Å². The Morgan fingerprint density at radius 2 is 2.16 bits per heavy atom. The number of carbonyl (C=O) groups is 2. The van der Waals surface area contributed by atoms with E-state index in [0.29, 0.717) is 6.42 Å². The highest BCUT2D eigenvalue weighted by Gasteiger charge is 2.46. The highest BCUT2D eigenvalue weighted by molar-refractivity contribution is 7.10. The number of thiophene rings is 1. The summed E-state index contributed by atoms with van der Waals surface area (Å²) in [4.78, 5) is 27.6. The molecule has 1 fully saturated rings. The highest BCUT2D eigenvalue weighted by atomic mass is 32.1. The lowest BCUT2D eigenvalue weighted by molar-refractivity contribution is -0.156. The molecule has 1 saturated heterocycles. The van der Waals surface area contributed by atoms with Gasteiger partial charge in [0.05, 0.1) is 6.04 Å². The summed E-state index contributed by atoms with van der Waals surface area (Å²) in [5.74, 6) is -0.0737. The van der Waals surface area contributed by atoms with E-state index in [2.05, 4.69) is 5.32 Å². The van der Waals surface area contributed by atoms with Crippen LogP contribution in [0.5, 0.6) is 0 Å².